The van der Waals surface area contributed by atoms with Crippen molar-refractivity contribution < 1.29 is 4.39 Å². The van der Waals surface area contributed by atoms with Crippen LogP contribution in [0.25, 0.3) is 0 Å². The Kier molecular flexibility index (Phi) is 4.49. The van der Waals surface area contributed by atoms with Gasteiger partial charge in [0.1, 0.15) is 5.82 Å². The van der Waals surface area contributed by atoms with E-state index in [0.29, 0.717) is 12.2 Å². The van der Waals surface area contributed by atoms with Crippen LogP contribution in [0.1, 0.15) is 0 Å². The number of nitrogen functional groups attached to an aromatic ring is 1. The summed E-state index contributed by atoms with van der Waals surface area (Å²) in [6.07, 6.45) is 3.85. The molecule has 1 aromatic carbocycles. The zero-order valence-corrected chi connectivity index (χ0v) is 8.56. The van der Waals surface area contributed by atoms with Crippen molar-refractivity contribution in [3.8, 4) is 0 Å². The summed E-state index contributed by atoms with van der Waals surface area (Å²) >= 11 is 1.56. The van der Waals surface area contributed by atoms with Gasteiger partial charge in [-0.2, -0.15) is 0 Å². The van der Waals surface area contributed by atoms with Gasteiger partial charge >= 0.3 is 0 Å². The van der Waals surface area contributed by atoms with E-state index in [9.17, 15) is 4.39 Å². The van der Waals surface area contributed by atoms with Crippen LogP contribution in [0.3, 0.4) is 0 Å². The van der Waals surface area contributed by atoms with Gasteiger partial charge in [-0.1, -0.05) is 12.2 Å². The zero-order valence-electron chi connectivity index (χ0n) is 7.74. The molecule has 0 saturated carbocycles. The molecule has 0 fully saturated rings. The number of rotatable bonds is 4. The Morgan fingerprint density at radius 3 is 2.79 bits per heavy atom. The summed E-state index contributed by atoms with van der Waals surface area (Å²) in [5.74, 6) is 0.497. The van der Waals surface area contributed by atoms with Crippen LogP contribution in [-0.4, -0.2) is 12.3 Å². The molecule has 0 heterocycles. The first-order valence-corrected chi connectivity index (χ1v) is 5.25. The molecule has 4 heteroatoms. The molecule has 0 aliphatic carbocycles. The average molecular weight is 212 g/mol. The molecule has 1 aromatic rings. The third-order valence-electron chi connectivity index (χ3n) is 1.61. The molecule has 0 radical (unpaired) electrons. The van der Waals surface area contributed by atoms with Gasteiger partial charge in [0.05, 0.1) is 0 Å². The molecule has 0 spiro atoms. The van der Waals surface area contributed by atoms with Gasteiger partial charge in [-0.3, -0.25) is 0 Å². The highest BCUT2D eigenvalue weighted by molar-refractivity contribution is 7.99. The van der Waals surface area contributed by atoms with E-state index >= 15 is 0 Å². The number of halogens is 1. The molecule has 2 nitrogen and oxygen atoms in total. The lowest BCUT2D eigenvalue weighted by Gasteiger charge is -2.02. The summed E-state index contributed by atoms with van der Waals surface area (Å²) in [4.78, 5) is 0.896. The molecular formula is C10H13FN2S. The summed E-state index contributed by atoms with van der Waals surface area (Å²) in [6, 6.07) is 4.42. The Morgan fingerprint density at radius 1 is 1.36 bits per heavy atom. The molecule has 0 aliphatic heterocycles. The van der Waals surface area contributed by atoms with E-state index < -0.39 is 0 Å². The van der Waals surface area contributed by atoms with Crippen LogP contribution in [0.4, 0.5) is 10.1 Å². The molecule has 76 valence electrons. The lowest BCUT2D eigenvalue weighted by atomic mass is 10.3. The summed E-state index contributed by atoms with van der Waals surface area (Å²) in [7, 11) is 0. The molecule has 0 atom stereocenters. The molecule has 1 rings (SSSR count). The van der Waals surface area contributed by atoms with Crippen molar-refractivity contribution in [2.24, 2.45) is 5.73 Å². The van der Waals surface area contributed by atoms with Gasteiger partial charge in [0.2, 0.25) is 0 Å². The molecule has 0 aromatic heterocycles. The minimum Gasteiger partial charge on any atom is -0.398 e. The van der Waals surface area contributed by atoms with E-state index in [1.165, 1.54) is 12.1 Å². The van der Waals surface area contributed by atoms with Crippen molar-refractivity contribution in [2.75, 3.05) is 18.0 Å². The topological polar surface area (TPSA) is 52.0 Å². The fraction of sp³-hybridized carbons (Fsp3) is 0.200. The first kappa shape index (κ1) is 11.1. The number of nitrogens with two attached hydrogens (primary N) is 2. The second-order valence-electron chi connectivity index (χ2n) is 2.70. The van der Waals surface area contributed by atoms with Crippen LogP contribution in [0.5, 0.6) is 0 Å². The van der Waals surface area contributed by atoms with Crippen molar-refractivity contribution in [3.05, 3.63) is 36.2 Å². The van der Waals surface area contributed by atoms with Gasteiger partial charge in [-0.25, -0.2) is 4.39 Å². The molecular weight excluding hydrogens is 199 g/mol. The molecule has 0 bridgehead atoms. The molecule has 0 unspecified atom stereocenters. The number of hydrogen-bond donors (Lipinski definition) is 2. The number of benzene rings is 1. The first-order valence-electron chi connectivity index (χ1n) is 4.27. The fourth-order valence-electron chi connectivity index (χ4n) is 0.953. The zero-order chi connectivity index (χ0) is 10.4. The highest BCUT2D eigenvalue weighted by Crippen LogP contribution is 2.25. The van der Waals surface area contributed by atoms with Crippen molar-refractivity contribution in [2.45, 2.75) is 4.90 Å². The molecule has 0 amide bonds. The van der Waals surface area contributed by atoms with E-state index in [0.717, 1.165) is 10.6 Å². The third-order valence-corrected chi connectivity index (χ3v) is 2.65. The Labute approximate surface area is 87.2 Å². The second-order valence-corrected chi connectivity index (χ2v) is 3.76. The Morgan fingerprint density at radius 2 is 2.14 bits per heavy atom. The van der Waals surface area contributed by atoms with E-state index in [2.05, 4.69) is 0 Å². The monoisotopic (exact) mass is 212 g/mol. The standard InChI is InChI=1S/C10H13FN2S/c11-8-3-4-10(9(13)7-8)14-6-2-1-5-12/h1-4,7H,5-6,12-13H2/b2-1+. The van der Waals surface area contributed by atoms with Crippen molar-refractivity contribution in [1.82, 2.24) is 0 Å². The van der Waals surface area contributed by atoms with Crippen LogP contribution >= 0.6 is 11.8 Å². The smallest absolute Gasteiger partial charge is 0.125 e. The van der Waals surface area contributed by atoms with Crippen LogP contribution in [-0.2, 0) is 0 Å². The van der Waals surface area contributed by atoms with Gasteiger partial charge in [-0.15, -0.1) is 11.8 Å². The van der Waals surface area contributed by atoms with Gasteiger partial charge in [0.25, 0.3) is 0 Å². The van der Waals surface area contributed by atoms with Crippen molar-refractivity contribution in [3.63, 3.8) is 0 Å². The quantitative estimate of drug-likeness (QED) is 0.456. The first-order chi connectivity index (χ1) is 6.74. The Balaban J connectivity index is 2.55. The largest absolute Gasteiger partial charge is 0.398 e. The average Bonchev–Trinajstić information content (AvgIpc) is 2.15. The van der Waals surface area contributed by atoms with Gasteiger partial charge in [-0.05, 0) is 18.2 Å². The number of hydrogen-bond acceptors (Lipinski definition) is 3. The van der Waals surface area contributed by atoms with E-state index in [1.807, 2.05) is 12.2 Å². The number of anilines is 1. The third kappa shape index (κ3) is 3.40. The van der Waals surface area contributed by atoms with Gasteiger partial charge in [0, 0.05) is 22.9 Å². The molecule has 14 heavy (non-hydrogen) atoms. The maximum absolute atomic E-state index is 12.7. The minimum absolute atomic E-state index is 0.302. The molecule has 0 saturated heterocycles. The van der Waals surface area contributed by atoms with Crippen LogP contribution in [0.2, 0.25) is 0 Å². The second kappa shape index (κ2) is 5.67. The summed E-state index contributed by atoms with van der Waals surface area (Å²) in [6.45, 7) is 0.541. The Bertz CT molecular complexity index is 326. The van der Waals surface area contributed by atoms with E-state index in [-0.39, 0.29) is 5.82 Å². The molecule has 0 aliphatic rings. The normalized spacial score (nSPS) is 11.0. The predicted molar refractivity (Wildman–Crippen MR) is 59.7 cm³/mol. The molecule has 4 N–H and O–H groups in total. The highest BCUT2D eigenvalue weighted by atomic mass is 32.2. The van der Waals surface area contributed by atoms with Crippen LogP contribution in [0, 0.1) is 5.82 Å². The lowest BCUT2D eigenvalue weighted by molar-refractivity contribution is 0.627. The SMILES string of the molecule is NC/C=C/CSc1ccc(F)cc1N. The van der Waals surface area contributed by atoms with Crippen molar-refractivity contribution in [1.29, 1.82) is 0 Å². The van der Waals surface area contributed by atoms with Crippen LogP contribution < -0.4 is 11.5 Å². The summed E-state index contributed by atoms with van der Waals surface area (Å²) in [5.41, 5.74) is 11.4. The van der Waals surface area contributed by atoms with E-state index in [1.54, 1.807) is 17.8 Å². The van der Waals surface area contributed by atoms with Gasteiger partial charge in [0.15, 0.2) is 0 Å². The lowest BCUT2D eigenvalue weighted by Crippen LogP contribution is -1.93. The summed E-state index contributed by atoms with van der Waals surface area (Å²) < 4.78 is 12.7. The Hall–Kier alpha value is -1.00. The van der Waals surface area contributed by atoms with Crippen molar-refractivity contribution >= 4 is 17.4 Å². The fourth-order valence-corrected chi connectivity index (χ4v) is 1.75. The minimum atomic E-state index is -0.302. The predicted octanol–water partition coefficient (Wildman–Crippen LogP) is 2.01. The highest BCUT2D eigenvalue weighted by Gasteiger charge is 1.99. The number of thioether (sulfide) groups is 1. The van der Waals surface area contributed by atoms with E-state index in [4.69, 9.17) is 11.5 Å². The maximum Gasteiger partial charge on any atom is 0.125 e. The summed E-state index contributed by atoms with van der Waals surface area (Å²) in [5, 5.41) is 0. The van der Waals surface area contributed by atoms with Crippen LogP contribution in [0.15, 0.2) is 35.2 Å². The maximum atomic E-state index is 12.7. The van der Waals surface area contributed by atoms with Gasteiger partial charge < -0.3 is 11.5 Å².